The Balaban J connectivity index is 0.00000128. The van der Waals surface area contributed by atoms with Crippen LogP contribution in [0.5, 0.6) is 0 Å². The highest BCUT2D eigenvalue weighted by Crippen LogP contribution is 2.08. The number of rotatable bonds is 2. The maximum Gasteiger partial charge on any atom is 0.123 e. The van der Waals surface area contributed by atoms with Crippen LogP contribution < -0.4 is 5.32 Å². The van der Waals surface area contributed by atoms with Gasteiger partial charge in [0.2, 0.25) is 0 Å². The molecule has 0 aliphatic carbocycles. The van der Waals surface area contributed by atoms with Crippen molar-refractivity contribution in [3.8, 4) is 0 Å². The summed E-state index contributed by atoms with van der Waals surface area (Å²) in [4.78, 5) is 2.40. The van der Waals surface area contributed by atoms with Crippen molar-refractivity contribution >= 4 is 24.8 Å². The molecular formula is C12H19Cl2FN2. The molecule has 5 heteroatoms. The van der Waals surface area contributed by atoms with Crippen molar-refractivity contribution in [2.24, 2.45) is 0 Å². The van der Waals surface area contributed by atoms with Crippen molar-refractivity contribution in [2.75, 3.05) is 19.6 Å². The Hall–Kier alpha value is -0.350. The Bertz CT molecular complexity index is 319. The van der Waals surface area contributed by atoms with Crippen LogP contribution in [0.15, 0.2) is 24.3 Å². The summed E-state index contributed by atoms with van der Waals surface area (Å²) in [6.45, 7) is 6.30. The number of hydrogen-bond acceptors (Lipinski definition) is 2. The average Bonchev–Trinajstić information content (AvgIpc) is 2.22. The lowest BCUT2D eigenvalue weighted by molar-refractivity contribution is 0.199. The summed E-state index contributed by atoms with van der Waals surface area (Å²) in [5.41, 5.74) is 1.19. The highest BCUT2D eigenvalue weighted by Gasteiger charge is 2.15. The molecule has 1 fully saturated rings. The average molecular weight is 281 g/mol. The normalized spacial score (nSPS) is 20.2. The molecule has 1 aliphatic heterocycles. The summed E-state index contributed by atoms with van der Waals surface area (Å²) in [5, 5.41) is 3.41. The molecule has 2 rings (SSSR count). The molecule has 0 amide bonds. The first-order valence-corrected chi connectivity index (χ1v) is 5.44. The molecule has 1 saturated heterocycles. The molecule has 1 N–H and O–H groups in total. The van der Waals surface area contributed by atoms with Crippen molar-refractivity contribution in [2.45, 2.75) is 19.5 Å². The maximum absolute atomic E-state index is 12.7. The van der Waals surface area contributed by atoms with Crippen molar-refractivity contribution in [3.63, 3.8) is 0 Å². The van der Waals surface area contributed by atoms with Gasteiger partial charge < -0.3 is 5.32 Å². The van der Waals surface area contributed by atoms with E-state index in [0.29, 0.717) is 6.04 Å². The standard InChI is InChI=1S/C12H17FN2.2ClH/c1-10-8-15(7-6-14-10)9-11-2-4-12(13)5-3-11;;/h2-5,10,14H,6-9H2,1H3;2*1H/t10-;;/m0../s1. The molecule has 0 aromatic heterocycles. The van der Waals surface area contributed by atoms with Crippen LogP contribution in [0.4, 0.5) is 4.39 Å². The third-order valence-corrected chi connectivity index (χ3v) is 2.77. The second-order valence-corrected chi connectivity index (χ2v) is 4.22. The summed E-state index contributed by atoms with van der Waals surface area (Å²) in [5.74, 6) is -0.160. The van der Waals surface area contributed by atoms with E-state index in [1.165, 1.54) is 17.7 Å². The maximum atomic E-state index is 12.7. The number of piperazine rings is 1. The SMILES string of the molecule is C[C@H]1CN(Cc2ccc(F)cc2)CCN1.Cl.Cl. The molecule has 17 heavy (non-hydrogen) atoms. The van der Waals surface area contributed by atoms with Crippen molar-refractivity contribution in [1.29, 1.82) is 0 Å². The lowest BCUT2D eigenvalue weighted by atomic mass is 10.1. The predicted molar refractivity (Wildman–Crippen MR) is 73.6 cm³/mol. The number of benzene rings is 1. The largest absolute Gasteiger partial charge is 0.312 e. The molecule has 1 atom stereocenters. The summed E-state index contributed by atoms with van der Waals surface area (Å²) in [6.07, 6.45) is 0. The van der Waals surface area contributed by atoms with Crippen LogP contribution in [0.25, 0.3) is 0 Å². The molecule has 0 spiro atoms. The molecule has 1 aliphatic rings. The molecular weight excluding hydrogens is 262 g/mol. The first-order chi connectivity index (χ1) is 7.24. The minimum Gasteiger partial charge on any atom is -0.312 e. The quantitative estimate of drug-likeness (QED) is 0.896. The Labute approximate surface area is 114 Å². The van der Waals surface area contributed by atoms with Crippen LogP contribution in [0.2, 0.25) is 0 Å². The zero-order valence-electron chi connectivity index (χ0n) is 9.86. The van der Waals surface area contributed by atoms with Gasteiger partial charge >= 0.3 is 0 Å². The molecule has 2 nitrogen and oxygen atoms in total. The zero-order chi connectivity index (χ0) is 10.7. The summed E-state index contributed by atoms with van der Waals surface area (Å²) in [7, 11) is 0. The van der Waals surface area contributed by atoms with Gasteiger partial charge in [0, 0.05) is 32.2 Å². The fraction of sp³-hybridized carbons (Fsp3) is 0.500. The highest BCUT2D eigenvalue weighted by atomic mass is 35.5. The summed E-state index contributed by atoms with van der Waals surface area (Å²) >= 11 is 0. The topological polar surface area (TPSA) is 15.3 Å². The minimum absolute atomic E-state index is 0. The number of halogens is 3. The third kappa shape index (κ3) is 5.21. The van der Waals surface area contributed by atoms with E-state index >= 15 is 0 Å². The first-order valence-electron chi connectivity index (χ1n) is 5.44. The lowest BCUT2D eigenvalue weighted by Gasteiger charge is -2.31. The second-order valence-electron chi connectivity index (χ2n) is 4.22. The molecule has 1 aromatic rings. The molecule has 98 valence electrons. The van der Waals surface area contributed by atoms with E-state index in [4.69, 9.17) is 0 Å². The van der Waals surface area contributed by atoms with Crippen molar-refractivity contribution in [1.82, 2.24) is 10.2 Å². The monoisotopic (exact) mass is 280 g/mol. The molecule has 0 radical (unpaired) electrons. The van der Waals surface area contributed by atoms with Gasteiger partial charge in [-0.15, -0.1) is 24.8 Å². The number of hydrogen-bond donors (Lipinski definition) is 1. The third-order valence-electron chi connectivity index (χ3n) is 2.77. The van der Waals surface area contributed by atoms with Gasteiger partial charge in [-0.3, -0.25) is 4.90 Å². The number of nitrogens with one attached hydrogen (secondary N) is 1. The Kier molecular flexibility index (Phi) is 7.71. The number of nitrogens with zero attached hydrogens (tertiary/aromatic N) is 1. The van der Waals surface area contributed by atoms with Gasteiger partial charge in [-0.25, -0.2) is 4.39 Å². The van der Waals surface area contributed by atoms with E-state index in [1.54, 1.807) is 0 Å². The summed E-state index contributed by atoms with van der Waals surface area (Å²) in [6, 6.07) is 7.34. The van der Waals surface area contributed by atoms with E-state index in [1.807, 2.05) is 12.1 Å². The Morgan fingerprint density at radius 2 is 1.94 bits per heavy atom. The van der Waals surface area contributed by atoms with E-state index in [2.05, 4.69) is 17.1 Å². The highest BCUT2D eigenvalue weighted by molar-refractivity contribution is 5.85. The second kappa shape index (κ2) is 7.88. The van der Waals surface area contributed by atoms with Gasteiger partial charge in [0.15, 0.2) is 0 Å². The van der Waals surface area contributed by atoms with Gasteiger partial charge in [-0.05, 0) is 24.6 Å². The van der Waals surface area contributed by atoms with Gasteiger partial charge in [0.1, 0.15) is 5.82 Å². The van der Waals surface area contributed by atoms with E-state index in [0.717, 1.165) is 26.2 Å². The Morgan fingerprint density at radius 1 is 1.29 bits per heavy atom. The molecule has 1 aromatic carbocycles. The van der Waals surface area contributed by atoms with Gasteiger partial charge in [-0.2, -0.15) is 0 Å². The Morgan fingerprint density at radius 3 is 2.53 bits per heavy atom. The van der Waals surface area contributed by atoms with Crippen LogP contribution in [0.1, 0.15) is 12.5 Å². The van der Waals surface area contributed by atoms with Gasteiger partial charge in [-0.1, -0.05) is 12.1 Å². The zero-order valence-corrected chi connectivity index (χ0v) is 11.5. The van der Waals surface area contributed by atoms with Crippen LogP contribution in [0, 0.1) is 5.82 Å². The predicted octanol–water partition coefficient (Wildman–Crippen LogP) is 2.46. The van der Waals surface area contributed by atoms with E-state index in [9.17, 15) is 4.39 Å². The first kappa shape index (κ1) is 16.6. The van der Waals surface area contributed by atoms with Gasteiger partial charge in [0.05, 0.1) is 0 Å². The fourth-order valence-corrected chi connectivity index (χ4v) is 2.00. The van der Waals surface area contributed by atoms with E-state index in [-0.39, 0.29) is 30.6 Å². The van der Waals surface area contributed by atoms with Crippen LogP contribution in [-0.2, 0) is 6.54 Å². The lowest BCUT2D eigenvalue weighted by Crippen LogP contribution is -2.48. The fourth-order valence-electron chi connectivity index (χ4n) is 2.00. The van der Waals surface area contributed by atoms with Crippen molar-refractivity contribution in [3.05, 3.63) is 35.6 Å². The molecule has 0 saturated carbocycles. The molecule has 0 unspecified atom stereocenters. The minimum atomic E-state index is -0.160. The smallest absolute Gasteiger partial charge is 0.123 e. The summed E-state index contributed by atoms with van der Waals surface area (Å²) < 4.78 is 12.7. The van der Waals surface area contributed by atoms with Crippen LogP contribution >= 0.6 is 24.8 Å². The van der Waals surface area contributed by atoms with Crippen molar-refractivity contribution < 1.29 is 4.39 Å². The van der Waals surface area contributed by atoms with E-state index < -0.39 is 0 Å². The van der Waals surface area contributed by atoms with Gasteiger partial charge in [0.25, 0.3) is 0 Å². The molecule has 0 bridgehead atoms. The van der Waals surface area contributed by atoms with Crippen LogP contribution in [-0.4, -0.2) is 30.6 Å². The molecule has 1 heterocycles. The van der Waals surface area contributed by atoms with Crippen LogP contribution in [0.3, 0.4) is 0 Å².